The molecular weight excluding hydrogens is 249 g/mol. The van der Waals surface area contributed by atoms with Crippen LogP contribution in [0.3, 0.4) is 0 Å². The molecule has 0 fully saturated rings. The van der Waals surface area contributed by atoms with Gasteiger partial charge in [-0.15, -0.1) is 0 Å². The van der Waals surface area contributed by atoms with E-state index in [0.29, 0.717) is 18.7 Å². The predicted octanol–water partition coefficient (Wildman–Crippen LogP) is 1.19. The zero-order valence-corrected chi connectivity index (χ0v) is 8.95. The van der Waals surface area contributed by atoms with Gasteiger partial charge in [0.15, 0.2) is 5.65 Å². The molecule has 1 amide bonds. The number of carbonyl (C=O) groups excluding carboxylic acids is 1. The summed E-state index contributed by atoms with van der Waals surface area (Å²) >= 11 is 0. The number of fused-ring (bicyclic) bond motifs is 3. The maximum absolute atomic E-state index is 12.5. The van der Waals surface area contributed by atoms with Gasteiger partial charge in [0.1, 0.15) is 5.52 Å². The van der Waals surface area contributed by atoms with Crippen molar-refractivity contribution in [2.75, 3.05) is 6.54 Å². The molecule has 0 aliphatic carbocycles. The van der Waals surface area contributed by atoms with Gasteiger partial charge in [0.2, 0.25) is 5.82 Å². The van der Waals surface area contributed by atoms with E-state index in [4.69, 9.17) is 0 Å². The number of hydrogen-bond acceptors (Lipinski definition) is 3. The fourth-order valence-electron chi connectivity index (χ4n) is 1.91. The summed E-state index contributed by atoms with van der Waals surface area (Å²) in [5.41, 5.74) is -0.490. The molecule has 94 valence electrons. The van der Waals surface area contributed by atoms with E-state index >= 15 is 0 Å². The lowest BCUT2D eigenvalue weighted by Gasteiger charge is -2.14. The van der Waals surface area contributed by atoms with Gasteiger partial charge in [0, 0.05) is 19.3 Å². The molecule has 3 rings (SSSR count). The number of hydrogen-bond donors (Lipinski definition) is 1. The van der Waals surface area contributed by atoms with Crippen LogP contribution in [0.5, 0.6) is 0 Å². The summed E-state index contributed by atoms with van der Waals surface area (Å²) < 4.78 is 39.1. The number of aromatic nitrogens is 3. The number of nitrogens with zero attached hydrogens (tertiary/aromatic N) is 3. The summed E-state index contributed by atoms with van der Waals surface area (Å²) in [5, 5.41) is 2.57. The van der Waals surface area contributed by atoms with Crippen LogP contribution in [0.25, 0.3) is 11.2 Å². The number of imidazole rings is 1. The third kappa shape index (κ3) is 1.52. The van der Waals surface area contributed by atoms with E-state index in [1.165, 1.54) is 4.57 Å². The first-order valence-corrected chi connectivity index (χ1v) is 5.18. The summed E-state index contributed by atoms with van der Waals surface area (Å²) in [6.45, 7) is 0.871. The van der Waals surface area contributed by atoms with Gasteiger partial charge >= 0.3 is 6.18 Å². The quantitative estimate of drug-likeness (QED) is 0.770. The van der Waals surface area contributed by atoms with Crippen molar-refractivity contribution in [3.63, 3.8) is 0 Å². The zero-order valence-electron chi connectivity index (χ0n) is 8.95. The second-order valence-corrected chi connectivity index (χ2v) is 3.91. The van der Waals surface area contributed by atoms with Gasteiger partial charge in [-0.3, -0.25) is 4.79 Å². The van der Waals surface area contributed by atoms with E-state index in [1.54, 1.807) is 0 Å². The third-order valence-electron chi connectivity index (χ3n) is 2.74. The molecule has 0 unspecified atom stereocenters. The van der Waals surface area contributed by atoms with Gasteiger partial charge in [-0.25, -0.2) is 9.97 Å². The highest BCUT2D eigenvalue weighted by Gasteiger charge is 2.32. The summed E-state index contributed by atoms with van der Waals surface area (Å²) in [5.74, 6) is -0.295. The number of nitrogens with one attached hydrogen (secondary N) is 1. The Balaban J connectivity index is 2.22. The largest absolute Gasteiger partial charge is 0.417 e. The van der Waals surface area contributed by atoms with Crippen LogP contribution in [0.2, 0.25) is 0 Å². The van der Waals surface area contributed by atoms with Gasteiger partial charge < -0.3 is 9.88 Å². The first-order chi connectivity index (χ1) is 8.47. The highest BCUT2D eigenvalue weighted by molar-refractivity contribution is 5.94. The Morgan fingerprint density at radius 2 is 2.17 bits per heavy atom. The van der Waals surface area contributed by atoms with E-state index in [9.17, 15) is 18.0 Å². The highest BCUT2D eigenvalue weighted by atomic mass is 19.4. The molecule has 5 nitrogen and oxygen atoms in total. The van der Waals surface area contributed by atoms with Crippen LogP contribution in [0, 0.1) is 0 Å². The number of amides is 1. The van der Waals surface area contributed by atoms with Crippen molar-refractivity contribution in [3.8, 4) is 0 Å². The Kier molecular flexibility index (Phi) is 2.10. The van der Waals surface area contributed by atoms with E-state index in [0.717, 1.165) is 12.3 Å². The van der Waals surface area contributed by atoms with Gasteiger partial charge in [0.05, 0.1) is 5.56 Å². The average molecular weight is 256 g/mol. The average Bonchev–Trinajstić information content (AvgIpc) is 2.67. The first kappa shape index (κ1) is 11.0. The standard InChI is InChI=1S/C10H7F3N4O/c11-10(12,13)5-3-6-7(15-4-5)17-2-1-14-9(18)8(17)16-6/h3-4H,1-2H2,(H,14,18). The van der Waals surface area contributed by atoms with E-state index in [2.05, 4.69) is 15.3 Å². The van der Waals surface area contributed by atoms with E-state index in [-0.39, 0.29) is 11.3 Å². The normalized spacial score (nSPS) is 15.6. The molecule has 1 aliphatic heterocycles. The molecule has 0 radical (unpaired) electrons. The smallest absolute Gasteiger partial charge is 0.348 e. The van der Waals surface area contributed by atoms with E-state index in [1.807, 2.05) is 0 Å². The van der Waals surface area contributed by atoms with Crippen molar-refractivity contribution in [3.05, 3.63) is 23.7 Å². The molecule has 0 saturated carbocycles. The van der Waals surface area contributed by atoms with Gasteiger partial charge in [-0.2, -0.15) is 13.2 Å². The summed E-state index contributed by atoms with van der Waals surface area (Å²) in [6.07, 6.45) is -3.71. The lowest BCUT2D eigenvalue weighted by Crippen LogP contribution is -2.35. The SMILES string of the molecule is O=C1NCCn2c1nc1cc(C(F)(F)F)cnc12. The second-order valence-electron chi connectivity index (χ2n) is 3.91. The molecule has 18 heavy (non-hydrogen) atoms. The van der Waals surface area contributed by atoms with Crippen molar-refractivity contribution in [2.24, 2.45) is 0 Å². The van der Waals surface area contributed by atoms with Crippen molar-refractivity contribution in [1.29, 1.82) is 0 Å². The lowest BCUT2D eigenvalue weighted by atomic mass is 10.2. The van der Waals surface area contributed by atoms with Crippen LogP contribution in [0.4, 0.5) is 13.2 Å². The number of carbonyl (C=O) groups is 1. The second kappa shape index (κ2) is 3.44. The van der Waals surface area contributed by atoms with Crippen molar-refractivity contribution in [1.82, 2.24) is 19.9 Å². The van der Waals surface area contributed by atoms with Gasteiger partial charge in [0.25, 0.3) is 5.91 Å². The Hall–Kier alpha value is -2.12. The Morgan fingerprint density at radius 3 is 2.89 bits per heavy atom. The van der Waals surface area contributed by atoms with Crippen LogP contribution in [-0.2, 0) is 12.7 Å². The molecule has 8 heteroatoms. The molecule has 2 aromatic heterocycles. The zero-order chi connectivity index (χ0) is 12.9. The minimum absolute atomic E-state index is 0.0804. The minimum Gasteiger partial charge on any atom is -0.348 e. The molecule has 1 aliphatic rings. The lowest BCUT2D eigenvalue weighted by molar-refractivity contribution is -0.137. The first-order valence-electron chi connectivity index (χ1n) is 5.18. The summed E-state index contributed by atoms with van der Waals surface area (Å²) in [6, 6.07) is 0.904. The Morgan fingerprint density at radius 1 is 1.39 bits per heavy atom. The molecule has 1 N–H and O–H groups in total. The molecule has 3 heterocycles. The monoisotopic (exact) mass is 256 g/mol. The molecule has 2 aromatic rings. The van der Waals surface area contributed by atoms with Crippen molar-refractivity contribution < 1.29 is 18.0 Å². The number of halogens is 3. The number of pyridine rings is 1. The molecular formula is C10H7F3N4O. The Bertz CT molecular complexity index is 646. The van der Waals surface area contributed by atoms with E-state index < -0.39 is 17.6 Å². The third-order valence-corrected chi connectivity index (χ3v) is 2.74. The van der Waals surface area contributed by atoms with Crippen LogP contribution < -0.4 is 5.32 Å². The molecule has 0 bridgehead atoms. The molecule has 0 saturated heterocycles. The number of alkyl halides is 3. The van der Waals surface area contributed by atoms with Crippen LogP contribution in [-0.4, -0.2) is 27.0 Å². The summed E-state index contributed by atoms with van der Waals surface area (Å²) in [7, 11) is 0. The molecule has 0 atom stereocenters. The van der Waals surface area contributed by atoms with Crippen LogP contribution in [0.15, 0.2) is 12.3 Å². The van der Waals surface area contributed by atoms with Gasteiger partial charge in [-0.1, -0.05) is 0 Å². The number of rotatable bonds is 0. The molecule has 0 aromatic carbocycles. The molecule has 0 spiro atoms. The van der Waals surface area contributed by atoms with Crippen LogP contribution >= 0.6 is 0 Å². The minimum atomic E-state index is -4.46. The highest BCUT2D eigenvalue weighted by Crippen LogP contribution is 2.30. The van der Waals surface area contributed by atoms with Gasteiger partial charge in [-0.05, 0) is 6.07 Å². The maximum atomic E-state index is 12.5. The topological polar surface area (TPSA) is 59.8 Å². The van der Waals surface area contributed by atoms with Crippen molar-refractivity contribution in [2.45, 2.75) is 12.7 Å². The van der Waals surface area contributed by atoms with Crippen LogP contribution in [0.1, 0.15) is 16.2 Å². The van der Waals surface area contributed by atoms with Crippen molar-refractivity contribution >= 4 is 17.1 Å². The fraction of sp³-hybridized carbons (Fsp3) is 0.300. The Labute approximate surface area is 98.6 Å². The maximum Gasteiger partial charge on any atom is 0.417 e. The predicted molar refractivity (Wildman–Crippen MR) is 54.9 cm³/mol. The fourth-order valence-corrected chi connectivity index (χ4v) is 1.91. The summed E-state index contributed by atoms with van der Waals surface area (Å²) in [4.78, 5) is 19.1.